The number of rotatable bonds is 5. The van der Waals surface area contributed by atoms with E-state index in [0.29, 0.717) is 6.54 Å². The van der Waals surface area contributed by atoms with Crippen molar-refractivity contribution in [3.8, 4) is 0 Å². The zero-order chi connectivity index (χ0) is 12.4. The van der Waals surface area contributed by atoms with Crippen molar-refractivity contribution >= 4 is 18.3 Å². The normalized spacial score (nSPS) is 13.7. The lowest BCUT2D eigenvalue weighted by Gasteiger charge is -2.12. The van der Waals surface area contributed by atoms with E-state index in [4.69, 9.17) is 9.90 Å². The Morgan fingerprint density at radius 1 is 1.19 bits per heavy atom. The van der Waals surface area contributed by atoms with Crippen LogP contribution in [-0.2, 0) is 14.4 Å². The van der Waals surface area contributed by atoms with Gasteiger partial charge in [0.1, 0.15) is 0 Å². The molecule has 0 aromatic heterocycles. The van der Waals surface area contributed by atoms with Crippen molar-refractivity contribution in [1.29, 1.82) is 0 Å². The topological polar surface area (TPSA) is 74.7 Å². The Morgan fingerprint density at radius 2 is 1.69 bits per heavy atom. The highest BCUT2D eigenvalue weighted by molar-refractivity contribution is 6.12. The minimum atomic E-state index is -0.250. The molecule has 1 rings (SSSR count). The number of carbonyl (C=O) groups is 3. The minimum Gasteiger partial charge on any atom is -0.483 e. The molecule has 1 aliphatic heterocycles. The number of hydrogen-bond donors (Lipinski definition) is 1. The summed E-state index contributed by atoms with van der Waals surface area (Å²) in [5.41, 5.74) is 0. The molecular weight excluding hydrogens is 210 g/mol. The predicted molar refractivity (Wildman–Crippen MR) is 58.7 cm³/mol. The Kier molecular flexibility index (Phi) is 7.75. The zero-order valence-corrected chi connectivity index (χ0v) is 9.39. The Balaban J connectivity index is 0.000000673. The first-order valence-corrected chi connectivity index (χ1v) is 5.28. The van der Waals surface area contributed by atoms with Crippen molar-refractivity contribution in [2.75, 3.05) is 6.54 Å². The van der Waals surface area contributed by atoms with Crippen LogP contribution in [0.5, 0.6) is 0 Å². The summed E-state index contributed by atoms with van der Waals surface area (Å²) in [5.74, 6) is -0.331. The van der Waals surface area contributed by atoms with E-state index in [0.717, 1.165) is 12.8 Å². The van der Waals surface area contributed by atoms with Crippen LogP contribution in [-0.4, -0.2) is 34.8 Å². The molecule has 1 aliphatic rings. The van der Waals surface area contributed by atoms with Crippen LogP contribution in [0.3, 0.4) is 0 Å². The molecular formula is C11H17NO4. The summed E-state index contributed by atoms with van der Waals surface area (Å²) in [4.78, 5) is 31.8. The van der Waals surface area contributed by atoms with Crippen LogP contribution in [0.15, 0.2) is 12.2 Å². The van der Waals surface area contributed by atoms with Crippen LogP contribution in [0, 0.1) is 0 Å². The molecule has 2 amide bonds. The maximum Gasteiger partial charge on any atom is 0.290 e. The van der Waals surface area contributed by atoms with Crippen molar-refractivity contribution in [2.24, 2.45) is 0 Å². The van der Waals surface area contributed by atoms with Crippen LogP contribution in [0.25, 0.3) is 0 Å². The van der Waals surface area contributed by atoms with Crippen molar-refractivity contribution in [1.82, 2.24) is 4.90 Å². The molecule has 0 saturated heterocycles. The number of carbonyl (C=O) groups excluding carboxylic acids is 2. The molecule has 1 N–H and O–H groups in total. The van der Waals surface area contributed by atoms with Gasteiger partial charge in [0.15, 0.2) is 0 Å². The summed E-state index contributed by atoms with van der Waals surface area (Å²) in [5, 5.41) is 6.89. The monoisotopic (exact) mass is 227 g/mol. The van der Waals surface area contributed by atoms with Gasteiger partial charge in [-0.25, -0.2) is 0 Å². The van der Waals surface area contributed by atoms with Crippen LogP contribution in [0.2, 0.25) is 0 Å². The van der Waals surface area contributed by atoms with Gasteiger partial charge in [-0.2, -0.15) is 0 Å². The quantitative estimate of drug-likeness (QED) is 0.435. The summed E-state index contributed by atoms with van der Waals surface area (Å²) in [7, 11) is 0. The molecule has 0 unspecified atom stereocenters. The molecule has 0 aliphatic carbocycles. The first-order chi connectivity index (χ1) is 7.67. The lowest BCUT2D eigenvalue weighted by molar-refractivity contribution is -0.136. The van der Waals surface area contributed by atoms with Crippen LogP contribution in [0.4, 0.5) is 0 Å². The minimum absolute atomic E-state index is 0.165. The number of hydrogen-bond acceptors (Lipinski definition) is 3. The fraction of sp³-hybridized carbons (Fsp3) is 0.545. The summed E-state index contributed by atoms with van der Waals surface area (Å²) in [6.45, 7) is 2.46. The van der Waals surface area contributed by atoms with Gasteiger partial charge in [0.25, 0.3) is 18.3 Å². The number of nitrogens with zero attached hydrogens (tertiary/aromatic N) is 1. The Morgan fingerprint density at radius 3 is 2.12 bits per heavy atom. The number of amides is 2. The highest BCUT2D eigenvalue weighted by atomic mass is 16.3. The molecule has 0 atom stereocenters. The van der Waals surface area contributed by atoms with E-state index in [2.05, 4.69) is 6.92 Å². The summed E-state index contributed by atoms with van der Waals surface area (Å²) in [6, 6.07) is 0. The van der Waals surface area contributed by atoms with Crippen LogP contribution >= 0.6 is 0 Å². The van der Waals surface area contributed by atoms with Gasteiger partial charge < -0.3 is 5.11 Å². The SMILES string of the molecule is CCCCCCN1C(=O)C=CC1=O.O=CO. The molecule has 16 heavy (non-hydrogen) atoms. The first-order valence-electron chi connectivity index (χ1n) is 5.28. The second-order valence-corrected chi connectivity index (χ2v) is 3.33. The fourth-order valence-corrected chi connectivity index (χ4v) is 1.35. The lowest BCUT2D eigenvalue weighted by Crippen LogP contribution is -2.30. The lowest BCUT2D eigenvalue weighted by atomic mass is 10.2. The summed E-state index contributed by atoms with van der Waals surface area (Å²) >= 11 is 0. The van der Waals surface area contributed by atoms with E-state index in [1.165, 1.54) is 29.9 Å². The second kappa shape index (κ2) is 8.64. The predicted octanol–water partition coefficient (Wildman–Crippen LogP) is 1.19. The van der Waals surface area contributed by atoms with E-state index in [1.807, 2.05) is 0 Å². The third kappa shape index (κ3) is 5.29. The third-order valence-corrected chi connectivity index (χ3v) is 2.14. The van der Waals surface area contributed by atoms with E-state index in [9.17, 15) is 9.59 Å². The van der Waals surface area contributed by atoms with Gasteiger partial charge in [0, 0.05) is 18.7 Å². The van der Waals surface area contributed by atoms with E-state index in [1.54, 1.807) is 0 Å². The molecule has 1 heterocycles. The van der Waals surface area contributed by atoms with Gasteiger partial charge in [-0.1, -0.05) is 26.2 Å². The van der Waals surface area contributed by atoms with Crippen molar-refractivity contribution in [2.45, 2.75) is 32.6 Å². The van der Waals surface area contributed by atoms with Crippen molar-refractivity contribution < 1.29 is 19.5 Å². The molecule has 90 valence electrons. The fourth-order valence-electron chi connectivity index (χ4n) is 1.35. The first kappa shape index (κ1) is 14.3. The number of imide groups is 1. The molecule has 0 bridgehead atoms. The largest absolute Gasteiger partial charge is 0.483 e. The Bertz CT molecular complexity index is 255. The Hall–Kier alpha value is -1.65. The summed E-state index contributed by atoms with van der Waals surface area (Å²) < 4.78 is 0. The molecule has 0 saturated carbocycles. The average Bonchev–Trinajstić information content (AvgIpc) is 2.56. The number of carboxylic acid groups (broad SMARTS) is 1. The Labute approximate surface area is 94.7 Å². The molecule has 5 heteroatoms. The van der Waals surface area contributed by atoms with Gasteiger partial charge in [-0.05, 0) is 6.42 Å². The van der Waals surface area contributed by atoms with Gasteiger partial charge in [0.05, 0.1) is 0 Å². The molecule has 0 aromatic rings. The molecule has 0 spiro atoms. The van der Waals surface area contributed by atoms with Gasteiger partial charge >= 0.3 is 0 Å². The van der Waals surface area contributed by atoms with Gasteiger partial charge in [-0.15, -0.1) is 0 Å². The molecule has 0 fully saturated rings. The average molecular weight is 227 g/mol. The molecule has 5 nitrogen and oxygen atoms in total. The van der Waals surface area contributed by atoms with E-state index in [-0.39, 0.29) is 18.3 Å². The number of unbranched alkanes of at least 4 members (excludes halogenated alkanes) is 3. The van der Waals surface area contributed by atoms with Crippen molar-refractivity contribution in [3.05, 3.63) is 12.2 Å². The van der Waals surface area contributed by atoms with E-state index >= 15 is 0 Å². The highest BCUT2D eigenvalue weighted by Gasteiger charge is 2.21. The zero-order valence-electron chi connectivity index (χ0n) is 9.39. The van der Waals surface area contributed by atoms with Crippen LogP contribution < -0.4 is 0 Å². The summed E-state index contributed by atoms with van der Waals surface area (Å²) in [6.07, 6.45) is 7.02. The van der Waals surface area contributed by atoms with E-state index < -0.39 is 0 Å². The third-order valence-electron chi connectivity index (χ3n) is 2.14. The highest BCUT2D eigenvalue weighted by Crippen LogP contribution is 2.07. The standard InChI is InChI=1S/C10H15NO2.CH2O2/c1-2-3-4-5-8-11-9(12)6-7-10(11)13;2-1-3/h6-7H,2-5,8H2,1H3;1H,(H,2,3). The maximum atomic E-state index is 11.1. The van der Waals surface area contributed by atoms with Crippen LogP contribution in [0.1, 0.15) is 32.6 Å². The smallest absolute Gasteiger partial charge is 0.290 e. The van der Waals surface area contributed by atoms with Gasteiger partial charge in [-0.3, -0.25) is 19.3 Å². The van der Waals surface area contributed by atoms with Gasteiger partial charge in [0.2, 0.25) is 0 Å². The maximum absolute atomic E-state index is 11.1. The van der Waals surface area contributed by atoms with Crippen molar-refractivity contribution in [3.63, 3.8) is 0 Å². The second-order valence-electron chi connectivity index (χ2n) is 3.33. The molecule has 0 aromatic carbocycles. The molecule has 0 radical (unpaired) electrons.